The molecule has 4 saturated carbocycles. The van der Waals surface area contributed by atoms with E-state index in [1.165, 1.54) is 32.1 Å². The summed E-state index contributed by atoms with van der Waals surface area (Å²) in [5, 5.41) is 0. The molecule has 1 aromatic carbocycles. The van der Waals surface area contributed by atoms with Crippen molar-refractivity contribution < 1.29 is 0 Å². The first kappa shape index (κ1) is 10.4. The van der Waals surface area contributed by atoms with Crippen LogP contribution in [0, 0.1) is 17.3 Å². The summed E-state index contributed by atoms with van der Waals surface area (Å²) in [5.74, 6) is 2.77. The molecule has 0 spiro atoms. The van der Waals surface area contributed by atoms with Crippen LogP contribution in [0.3, 0.4) is 0 Å². The Morgan fingerprint density at radius 1 is 1.12 bits per heavy atom. The standard InChI is InChI=1S/C16H19Cl/c17-11-16-8-12-6-14(16)9-15(7-12,10-16)13-4-2-1-3-5-13/h1-5,12,14H,6-11H2. The quantitative estimate of drug-likeness (QED) is 0.680. The topological polar surface area (TPSA) is 0 Å². The second-order valence-electron chi connectivity index (χ2n) is 6.73. The Labute approximate surface area is 108 Å². The first-order valence-corrected chi connectivity index (χ1v) is 7.41. The second kappa shape index (κ2) is 3.29. The number of benzene rings is 1. The van der Waals surface area contributed by atoms with Gasteiger partial charge in [0, 0.05) is 5.88 Å². The molecule has 4 aliphatic carbocycles. The van der Waals surface area contributed by atoms with Gasteiger partial charge in [0.15, 0.2) is 0 Å². The normalized spacial score (nSPS) is 46.6. The zero-order valence-corrected chi connectivity index (χ0v) is 10.9. The Hall–Kier alpha value is -0.490. The molecular weight excluding hydrogens is 228 g/mol. The summed E-state index contributed by atoms with van der Waals surface area (Å²) >= 11 is 6.33. The predicted octanol–water partition coefficient (Wildman–Crippen LogP) is 4.37. The van der Waals surface area contributed by atoms with E-state index in [2.05, 4.69) is 30.3 Å². The Morgan fingerprint density at radius 2 is 1.94 bits per heavy atom. The molecule has 4 atom stereocenters. The van der Waals surface area contributed by atoms with Crippen molar-refractivity contribution in [2.75, 3.05) is 5.88 Å². The third-order valence-corrected chi connectivity index (χ3v) is 6.37. The van der Waals surface area contributed by atoms with E-state index >= 15 is 0 Å². The van der Waals surface area contributed by atoms with Gasteiger partial charge in [0.2, 0.25) is 0 Å². The zero-order valence-electron chi connectivity index (χ0n) is 10.2. The Kier molecular flexibility index (Phi) is 2.02. The molecule has 1 heteroatoms. The van der Waals surface area contributed by atoms with Crippen molar-refractivity contribution in [2.24, 2.45) is 17.3 Å². The average molecular weight is 247 g/mol. The van der Waals surface area contributed by atoms with Gasteiger partial charge < -0.3 is 0 Å². The monoisotopic (exact) mass is 246 g/mol. The van der Waals surface area contributed by atoms with Crippen LogP contribution in [0.1, 0.15) is 37.7 Å². The van der Waals surface area contributed by atoms with E-state index in [4.69, 9.17) is 11.6 Å². The minimum absolute atomic E-state index is 0.488. The van der Waals surface area contributed by atoms with Crippen LogP contribution in [0.2, 0.25) is 0 Å². The van der Waals surface area contributed by atoms with Gasteiger partial charge in [-0.1, -0.05) is 30.3 Å². The van der Waals surface area contributed by atoms with Crippen LogP contribution in [0.15, 0.2) is 30.3 Å². The van der Waals surface area contributed by atoms with E-state index in [1.807, 2.05) is 0 Å². The number of hydrogen-bond donors (Lipinski definition) is 0. The van der Waals surface area contributed by atoms with Gasteiger partial charge in [-0.15, -0.1) is 11.6 Å². The van der Waals surface area contributed by atoms with Crippen LogP contribution in [0.25, 0.3) is 0 Å². The number of rotatable bonds is 2. The van der Waals surface area contributed by atoms with E-state index in [0.717, 1.165) is 17.7 Å². The van der Waals surface area contributed by atoms with E-state index < -0.39 is 0 Å². The first-order valence-electron chi connectivity index (χ1n) is 6.88. The third kappa shape index (κ3) is 1.25. The molecule has 4 aliphatic rings. The molecule has 0 radical (unpaired) electrons. The highest BCUT2D eigenvalue weighted by Crippen LogP contribution is 2.70. The second-order valence-corrected chi connectivity index (χ2v) is 7.00. The molecule has 0 nitrogen and oxygen atoms in total. The van der Waals surface area contributed by atoms with E-state index in [0.29, 0.717) is 10.8 Å². The van der Waals surface area contributed by atoms with Gasteiger partial charge in [-0.05, 0) is 60.3 Å². The predicted molar refractivity (Wildman–Crippen MR) is 71.3 cm³/mol. The largest absolute Gasteiger partial charge is 0.126 e. The summed E-state index contributed by atoms with van der Waals surface area (Å²) in [6.45, 7) is 0. The van der Waals surface area contributed by atoms with Crippen molar-refractivity contribution in [2.45, 2.75) is 37.5 Å². The van der Waals surface area contributed by atoms with Crippen molar-refractivity contribution in [3.63, 3.8) is 0 Å². The van der Waals surface area contributed by atoms with Crippen LogP contribution in [-0.2, 0) is 5.41 Å². The maximum absolute atomic E-state index is 6.33. The van der Waals surface area contributed by atoms with Crippen LogP contribution in [0.5, 0.6) is 0 Å². The van der Waals surface area contributed by atoms with Gasteiger partial charge in [-0.25, -0.2) is 0 Å². The van der Waals surface area contributed by atoms with Crippen molar-refractivity contribution >= 4 is 11.6 Å². The molecule has 4 fully saturated rings. The lowest BCUT2D eigenvalue weighted by atomic mass is 9.64. The molecule has 17 heavy (non-hydrogen) atoms. The summed E-state index contributed by atoms with van der Waals surface area (Å²) < 4.78 is 0. The van der Waals surface area contributed by atoms with Gasteiger partial charge in [-0.2, -0.15) is 0 Å². The minimum atomic E-state index is 0.488. The highest BCUT2D eigenvalue weighted by Gasteiger charge is 2.63. The van der Waals surface area contributed by atoms with Crippen LogP contribution in [-0.4, -0.2) is 5.88 Å². The number of alkyl halides is 1. The lowest BCUT2D eigenvalue weighted by Gasteiger charge is -2.41. The maximum atomic E-state index is 6.33. The molecule has 0 saturated heterocycles. The van der Waals surface area contributed by atoms with E-state index in [9.17, 15) is 0 Å². The summed E-state index contributed by atoms with van der Waals surface area (Å²) in [4.78, 5) is 0. The first-order chi connectivity index (χ1) is 8.26. The summed E-state index contributed by atoms with van der Waals surface area (Å²) in [5.41, 5.74) is 2.57. The van der Waals surface area contributed by atoms with Gasteiger partial charge in [0.25, 0.3) is 0 Å². The van der Waals surface area contributed by atoms with Gasteiger partial charge in [0.05, 0.1) is 0 Å². The molecule has 0 N–H and O–H groups in total. The number of hydrogen-bond acceptors (Lipinski definition) is 0. The molecule has 4 unspecified atom stereocenters. The highest BCUT2D eigenvalue weighted by molar-refractivity contribution is 6.18. The van der Waals surface area contributed by atoms with Crippen molar-refractivity contribution in [1.29, 1.82) is 0 Å². The van der Waals surface area contributed by atoms with Crippen LogP contribution < -0.4 is 0 Å². The Bertz CT molecular complexity index is 440. The lowest BCUT2D eigenvalue weighted by Crippen LogP contribution is -2.34. The van der Waals surface area contributed by atoms with E-state index in [-0.39, 0.29) is 0 Å². The third-order valence-electron chi connectivity index (χ3n) is 5.84. The smallest absolute Gasteiger partial charge is 0.0283 e. The molecule has 0 heterocycles. The van der Waals surface area contributed by atoms with Crippen molar-refractivity contribution in [3.05, 3.63) is 35.9 Å². The van der Waals surface area contributed by atoms with Crippen LogP contribution >= 0.6 is 11.6 Å². The fraction of sp³-hybridized carbons (Fsp3) is 0.625. The fourth-order valence-electron chi connectivity index (χ4n) is 5.42. The molecule has 0 amide bonds. The van der Waals surface area contributed by atoms with E-state index in [1.54, 1.807) is 5.56 Å². The van der Waals surface area contributed by atoms with Gasteiger partial charge in [-0.3, -0.25) is 0 Å². The Balaban J connectivity index is 1.79. The molecular formula is C16H19Cl. The molecule has 0 aromatic heterocycles. The molecule has 0 aliphatic heterocycles. The molecule has 90 valence electrons. The summed E-state index contributed by atoms with van der Waals surface area (Å²) in [6.07, 6.45) is 7.05. The SMILES string of the molecule is ClCC12CC3CC1CC(c1ccccc1)(C3)C2. The molecule has 1 aromatic rings. The maximum Gasteiger partial charge on any atom is 0.0283 e. The minimum Gasteiger partial charge on any atom is -0.126 e. The van der Waals surface area contributed by atoms with Gasteiger partial charge in [0.1, 0.15) is 0 Å². The van der Waals surface area contributed by atoms with Gasteiger partial charge >= 0.3 is 0 Å². The highest BCUT2D eigenvalue weighted by atomic mass is 35.5. The molecule has 4 bridgehead atoms. The van der Waals surface area contributed by atoms with Crippen LogP contribution in [0.4, 0.5) is 0 Å². The lowest BCUT2D eigenvalue weighted by molar-refractivity contribution is 0.195. The fourth-order valence-corrected chi connectivity index (χ4v) is 5.84. The average Bonchev–Trinajstić information content (AvgIpc) is 2.75. The Morgan fingerprint density at radius 3 is 2.65 bits per heavy atom. The number of halogens is 1. The molecule has 5 rings (SSSR count). The van der Waals surface area contributed by atoms with Crippen molar-refractivity contribution in [3.8, 4) is 0 Å². The summed E-state index contributed by atoms with van der Waals surface area (Å²) in [6, 6.07) is 11.2. The van der Waals surface area contributed by atoms with Crippen molar-refractivity contribution in [1.82, 2.24) is 0 Å². The summed E-state index contributed by atoms with van der Waals surface area (Å²) in [7, 11) is 0. The zero-order chi connectivity index (χ0) is 11.5.